The van der Waals surface area contributed by atoms with Crippen molar-refractivity contribution in [1.29, 1.82) is 0 Å². The first kappa shape index (κ1) is 11.3. The molecule has 0 spiro atoms. The van der Waals surface area contributed by atoms with Gasteiger partial charge in [0.2, 0.25) is 5.95 Å². The minimum absolute atomic E-state index is 0.0398. The number of anilines is 2. The lowest BCUT2D eigenvalue weighted by Crippen LogP contribution is -2.16. The van der Waals surface area contributed by atoms with E-state index in [0.29, 0.717) is 11.0 Å². The normalized spacial score (nSPS) is 13.4. The standard InChI is InChI=1S/C13H12ClN3O/c14-8-3-1-4-9(7-8)15-13-16-11-6-2-5-10(11)12(18)17-13/h1,3-4,7H,2,5-6H2,(H2,15,16,17,18). The van der Waals surface area contributed by atoms with Crippen LogP contribution >= 0.6 is 11.6 Å². The molecule has 2 N–H and O–H groups in total. The molecule has 18 heavy (non-hydrogen) atoms. The molecule has 0 atom stereocenters. The first-order valence-electron chi connectivity index (χ1n) is 5.87. The summed E-state index contributed by atoms with van der Waals surface area (Å²) in [6.45, 7) is 0. The maximum Gasteiger partial charge on any atom is 0.255 e. The largest absolute Gasteiger partial charge is 0.326 e. The maximum absolute atomic E-state index is 11.8. The Bertz CT molecular complexity index is 651. The van der Waals surface area contributed by atoms with Crippen LogP contribution in [-0.4, -0.2) is 9.97 Å². The van der Waals surface area contributed by atoms with Crippen molar-refractivity contribution >= 4 is 23.2 Å². The van der Waals surface area contributed by atoms with Crippen LogP contribution in [0.3, 0.4) is 0 Å². The molecular formula is C13H12ClN3O. The molecule has 1 aromatic heterocycles. The summed E-state index contributed by atoms with van der Waals surface area (Å²) in [4.78, 5) is 19.0. The van der Waals surface area contributed by atoms with Gasteiger partial charge in [-0.1, -0.05) is 17.7 Å². The molecule has 4 nitrogen and oxygen atoms in total. The second-order valence-electron chi connectivity index (χ2n) is 4.33. The second kappa shape index (κ2) is 4.46. The van der Waals surface area contributed by atoms with Gasteiger partial charge in [-0.2, -0.15) is 0 Å². The molecule has 0 radical (unpaired) electrons. The van der Waals surface area contributed by atoms with Crippen LogP contribution in [0, 0.1) is 0 Å². The molecule has 2 aromatic rings. The van der Waals surface area contributed by atoms with Gasteiger partial charge in [0, 0.05) is 16.3 Å². The number of aromatic amines is 1. The lowest BCUT2D eigenvalue weighted by molar-refractivity contribution is 0.899. The molecule has 0 aliphatic heterocycles. The summed E-state index contributed by atoms with van der Waals surface area (Å²) < 4.78 is 0. The van der Waals surface area contributed by atoms with Crippen LogP contribution in [-0.2, 0) is 12.8 Å². The highest BCUT2D eigenvalue weighted by Crippen LogP contribution is 2.20. The van der Waals surface area contributed by atoms with Gasteiger partial charge in [0.1, 0.15) is 0 Å². The Balaban J connectivity index is 1.94. The van der Waals surface area contributed by atoms with E-state index >= 15 is 0 Å². The minimum atomic E-state index is -0.0398. The third-order valence-corrected chi connectivity index (χ3v) is 3.26. The van der Waals surface area contributed by atoms with E-state index in [1.54, 1.807) is 12.1 Å². The third-order valence-electron chi connectivity index (χ3n) is 3.03. The molecule has 0 saturated heterocycles. The van der Waals surface area contributed by atoms with Crippen molar-refractivity contribution in [3.63, 3.8) is 0 Å². The lowest BCUT2D eigenvalue weighted by Gasteiger charge is -2.07. The molecule has 3 rings (SSSR count). The molecule has 0 unspecified atom stereocenters. The quantitative estimate of drug-likeness (QED) is 0.874. The predicted octanol–water partition coefficient (Wildman–Crippen LogP) is 2.66. The first-order valence-corrected chi connectivity index (χ1v) is 6.25. The van der Waals surface area contributed by atoms with Gasteiger partial charge in [-0.15, -0.1) is 0 Å². The maximum atomic E-state index is 11.8. The summed E-state index contributed by atoms with van der Waals surface area (Å²) in [5.41, 5.74) is 2.50. The van der Waals surface area contributed by atoms with Crippen LogP contribution in [0.2, 0.25) is 5.02 Å². The van der Waals surface area contributed by atoms with E-state index in [2.05, 4.69) is 15.3 Å². The van der Waals surface area contributed by atoms with Crippen molar-refractivity contribution in [2.45, 2.75) is 19.3 Å². The first-order chi connectivity index (χ1) is 8.72. The zero-order chi connectivity index (χ0) is 12.5. The molecule has 1 aromatic carbocycles. The number of aryl methyl sites for hydroxylation is 1. The molecular weight excluding hydrogens is 250 g/mol. The molecule has 92 valence electrons. The third kappa shape index (κ3) is 2.11. The van der Waals surface area contributed by atoms with Crippen LogP contribution in [0.5, 0.6) is 0 Å². The van der Waals surface area contributed by atoms with Gasteiger partial charge < -0.3 is 5.32 Å². The summed E-state index contributed by atoms with van der Waals surface area (Å²) in [6.07, 6.45) is 2.71. The number of halogens is 1. The SMILES string of the molecule is O=c1[nH]c(Nc2cccc(Cl)c2)nc2c1CCC2. The van der Waals surface area contributed by atoms with E-state index in [9.17, 15) is 4.79 Å². The van der Waals surface area contributed by atoms with Crippen LogP contribution in [0.25, 0.3) is 0 Å². The van der Waals surface area contributed by atoms with Gasteiger partial charge in [-0.3, -0.25) is 9.78 Å². The fourth-order valence-corrected chi connectivity index (χ4v) is 2.39. The molecule has 1 aliphatic carbocycles. The molecule has 1 aliphatic rings. The second-order valence-corrected chi connectivity index (χ2v) is 4.77. The van der Waals surface area contributed by atoms with Crippen LogP contribution in [0.4, 0.5) is 11.6 Å². The number of aromatic nitrogens is 2. The van der Waals surface area contributed by atoms with Crippen molar-refractivity contribution in [3.8, 4) is 0 Å². The Morgan fingerprint density at radius 1 is 1.33 bits per heavy atom. The van der Waals surface area contributed by atoms with Gasteiger partial charge in [0.15, 0.2) is 0 Å². The number of nitrogens with one attached hydrogen (secondary N) is 2. The summed E-state index contributed by atoms with van der Waals surface area (Å²) in [5.74, 6) is 0.475. The van der Waals surface area contributed by atoms with E-state index < -0.39 is 0 Å². The topological polar surface area (TPSA) is 57.8 Å². The van der Waals surface area contributed by atoms with Gasteiger partial charge in [-0.05, 0) is 37.5 Å². The van der Waals surface area contributed by atoms with E-state index in [1.807, 2.05) is 12.1 Å². The molecule has 0 amide bonds. The van der Waals surface area contributed by atoms with Crippen molar-refractivity contribution in [2.24, 2.45) is 0 Å². The van der Waals surface area contributed by atoms with Crippen molar-refractivity contribution < 1.29 is 0 Å². The number of nitrogens with zero attached hydrogens (tertiary/aromatic N) is 1. The lowest BCUT2D eigenvalue weighted by atomic mass is 10.3. The zero-order valence-corrected chi connectivity index (χ0v) is 10.4. The highest BCUT2D eigenvalue weighted by Gasteiger charge is 2.16. The van der Waals surface area contributed by atoms with Gasteiger partial charge in [-0.25, -0.2) is 4.98 Å². The van der Waals surface area contributed by atoms with Crippen molar-refractivity contribution in [1.82, 2.24) is 9.97 Å². The summed E-state index contributed by atoms with van der Waals surface area (Å²) in [5, 5.41) is 3.71. The number of rotatable bonds is 2. The number of hydrogen-bond donors (Lipinski definition) is 2. The summed E-state index contributed by atoms with van der Waals surface area (Å²) in [7, 11) is 0. The van der Waals surface area contributed by atoms with E-state index in [1.165, 1.54) is 0 Å². The Hall–Kier alpha value is -1.81. The number of hydrogen-bond acceptors (Lipinski definition) is 3. The Kier molecular flexibility index (Phi) is 2.80. The van der Waals surface area contributed by atoms with Crippen molar-refractivity contribution in [2.75, 3.05) is 5.32 Å². The fourth-order valence-electron chi connectivity index (χ4n) is 2.20. The molecule has 5 heteroatoms. The Morgan fingerprint density at radius 2 is 2.22 bits per heavy atom. The average molecular weight is 262 g/mol. The molecule has 0 fully saturated rings. The summed E-state index contributed by atoms with van der Waals surface area (Å²) in [6, 6.07) is 7.30. The fraction of sp³-hybridized carbons (Fsp3) is 0.231. The zero-order valence-electron chi connectivity index (χ0n) is 9.66. The van der Waals surface area contributed by atoms with E-state index in [-0.39, 0.29) is 5.56 Å². The van der Waals surface area contributed by atoms with E-state index in [0.717, 1.165) is 36.2 Å². The highest BCUT2D eigenvalue weighted by atomic mass is 35.5. The number of fused-ring (bicyclic) bond motifs is 1. The summed E-state index contributed by atoms with van der Waals surface area (Å²) >= 11 is 5.90. The Labute approximate surface area is 109 Å². The highest BCUT2D eigenvalue weighted by molar-refractivity contribution is 6.30. The van der Waals surface area contributed by atoms with Crippen LogP contribution in [0.15, 0.2) is 29.1 Å². The van der Waals surface area contributed by atoms with Gasteiger partial charge >= 0.3 is 0 Å². The predicted molar refractivity (Wildman–Crippen MR) is 71.6 cm³/mol. The van der Waals surface area contributed by atoms with Gasteiger partial charge in [0.25, 0.3) is 5.56 Å². The van der Waals surface area contributed by atoms with Crippen LogP contribution in [0.1, 0.15) is 17.7 Å². The molecule has 0 saturated carbocycles. The average Bonchev–Trinajstić information content (AvgIpc) is 2.77. The molecule has 1 heterocycles. The van der Waals surface area contributed by atoms with E-state index in [4.69, 9.17) is 11.6 Å². The Morgan fingerprint density at radius 3 is 3.06 bits per heavy atom. The smallest absolute Gasteiger partial charge is 0.255 e. The molecule has 0 bridgehead atoms. The van der Waals surface area contributed by atoms with Gasteiger partial charge in [0.05, 0.1) is 5.69 Å². The van der Waals surface area contributed by atoms with Crippen molar-refractivity contribution in [3.05, 3.63) is 50.9 Å². The monoisotopic (exact) mass is 261 g/mol. The number of H-pyrrole nitrogens is 1. The number of benzene rings is 1. The minimum Gasteiger partial charge on any atom is -0.326 e. The van der Waals surface area contributed by atoms with Crippen LogP contribution < -0.4 is 10.9 Å².